The second kappa shape index (κ2) is 13.8. The Balaban J connectivity index is 0.000000165. The van der Waals surface area contributed by atoms with Gasteiger partial charge in [-0.2, -0.15) is 0 Å². The van der Waals surface area contributed by atoms with E-state index in [1.54, 1.807) is 11.1 Å². The van der Waals surface area contributed by atoms with Gasteiger partial charge in [0.1, 0.15) is 0 Å². The Labute approximate surface area is 203 Å². The molecule has 0 saturated carbocycles. The third-order valence-electron chi connectivity index (χ3n) is 5.94. The van der Waals surface area contributed by atoms with Gasteiger partial charge >= 0.3 is 5.97 Å². The molecule has 3 aliphatic carbocycles. The Morgan fingerprint density at radius 1 is 0.765 bits per heavy atom. The van der Waals surface area contributed by atoms with E-state index in [9.17, 15) is 4.79 Å². The fraction of sp³-hybridized carbons (Fsp3) is 0.219. The summed E-state index contributed by atoms with van der Waals surface area (Å²) in [6.45, 7) is 3.16. The molecule has 0 atom stereocenters. The standard InChI is InChI=1S/C18H16.2C5H6.C4H6O2/c1-3-7-15-13(5-1)9-11-18-16-8-4-2-6-14(16)10-12-17(15)18;2*1-2-4-5-3-1;1-3-4(5)6-2/h1,3,5,7,9-12H,2,4,6,8H2;2*1-4H,5H2;3H,1H2,2H3. The van der Waals surface area contributed by atoms with Gasteiger partial charge in [0.15, 0.2) is 0 Å². The number of esters is 1. The lowest BCUT2D eigenvalue weighted by molar-refractivity contribution is -0.134. The molecule has 3 aliphatic rings. The second-order valence-corrected chi connectivity index (χ2v) is 8.20. The Kier molecular flexibility index (Phi) is 10.1. The highest BCUT2D eigenvalue weighted by molar-refractivity contribution is 6.08. The first kappa shape index (κ1) is 25.0. The van der Waals surface area contributed by atoms with Gasteiger partial charge in [0.2, 0.25) is 0 Å². The molecule has 0 heterocycles. The largest absolute Gasteiger partial charge is 0.466 e. The minimum atomic E-state index is -0.394. The van der Waals surface area contributed by atoms with Crippen molar-refractivity contribution in [3.05, 3.63) is 121 Å². The topological polar surface area (TPSA) is 26.3 Å². The molecule has 0 amide bonds. The van der Waals surface area contributed by atoms with Crippen molar-refractivity contribution in [3.63, 3.8) is 0 Å². The molecule has 2 heteroatoms. The van der Waals surface area contributed by atoms with E-state index < -0.39 is 5.97 Å². The summed E-state index contributed by atoms with van der Waals surface area (Å²) in [5.74, 6) is -0.394. The molecule has 0 N–H and O–H groups in total. The fourth-order valence-electron chi connectivity index (χ4n) is 4.21. The van der Waals surface area contributed by atoms with Gasteiger partial charge in [-0.25, -0.2) is 4.79 Å². The zero-order valence-corrected chi connectivity index (χ0v) is 20.1. The molecule has 2 nitrogen and oxygen atoms in total. The number of benzene rings is 3. The lowest BCUT2D eigenvalue weighted by Gasteiger charge is -2.18. The number of aryl methyl sites for hydroxylation is 2. The van der Waals surface area contributed by atoms with Crippen molar-refractivity contribution in [1.29, 1.82) is 0 Å². The van der Waals surface area contributed by atoms with E-state index in [4.69, 9.17) is 0 Å². The lowest BCUT2D eigenvalue weighted by Crippen LogP contribution is -2.02. The molecule has 0 saturated heterocycles. The van der Waals surface area contributed by atoms with Crippen molar-refractivity contribution in [1.82, 2.24) is 0 Å². The molecule has 0 aromatic heterocycles. The lowest BCUT2D eigenvalue weighted by atomic mass is 9.86. The number of fused-ring (bicyclic) bond motifs is 5. The number of hydrogen-bond acceptors (Lipinski definition) is 2. The van der Waals surface area contributed by atoms with Crippen LogP contribution in [0.15, 0.2) is 110 Å². The summed E-state index contributed by atoms with van der Waals surface area (Å²) in [5.41, 5.74) is 3.17. The van der Waals surface area contributed by atoms with E-state index >= 15 is 0 Å². The predicted molar refractivity (Wildman–Crippen MR) is 146 cm³/mol. The quantitative estimate of drug-likeness (QED) is 0.212. The Morgan fingerprint density at radius 2 is 1.38 bits per heavy atom. The van der Waals surface area contributed by atoms with Gasteiger partial charge in [-0.05, 0) is 71.2 Å². The van der Waals surface area contributed by atoms with Crippen molar-refractivity contribution in [2.45, 2.75) is 38.5 Å². The maximum atomic E-state index is 9.84. The molecular formula is C32H34O2. The molecule has 174 valence electrons. The number of rotatable bonds is 1. The zero-order chi connectivity index (χ0) is 24.0. The summed E-state index contributed by atoms with van der Waals surface area (Å²) in [5, 5.41) is 5.64. The smallest absolute Gasteiger partial charge is 0.329 e. The first-order chi connectivity index (χ1) is 16.7. The Hall–Kier alpha value is -3.65. The highest BCUT2D eigenvalue weighted by Crippen LogP contribution is 2.33. The molecule has 34 heavy (non-hydrogen) atoms. The van der Waals surface area contributed by atoms with Crippen molar-refractivity contribution in [2.24, 2.45) is 0 Å². The Morgan fingerprint density at radius 3 is 1.94 bits per heavy atom. The fourth-order valence-corrected chi connectivity index (χ4v) is 4.21. The second-order valence-electron chi connectivity index (χ2n) is 8.20. The molecule has 0 spiro atoms. The minimum Gasteiger partial charge on any atom is -0.466 e. The Bertz CT molecular complexity index is 1180. The number of allylic oxidation sites excluding steroid dienone is 8. The van der Waals surface area contributed by atoms with Crippen LogP contribution in [0, 0.1) is 0 Å². The number of methoxy groups -OCH3 is 1. The number of hydrogen-bond donors (Lipinski definition) is 0. The SMILES string of the molecule is C1=CCC=C1.C1=CCC=C1.C=CC(=O)OC.c1ccc2c(c1)ccc1c3c(ccc12)CCCC3. The van der Waals surface area contributed by atoms with Gasteiger partial charge in [-0.15, -0.1) is 0 Å². The molecular weight excluding hydrogens is 416 g/mol. The summed E-state index contributed by atoms with van der Waals surface area (Å²) in [7, 11) is 1.31. The third-order valence-corrected chi connectivity index (χ3v) is 5.94. The monoisotopic (exact) mass is 450 g/mol. The molecule has 0 aliphatic heterocycles. The van der Waals surface area contributed by atoms with Crippen LogP contribution in [-0.2, 0) is 22.4 Å². The van der Waals surface area contributed by atoms with Gasteiger partial charge in [0, 0.05) is 6.08 Å². The molecule has 0 radical (unpaired) electrons. The van der Waals surface area contributed by atoms with E-state index in [0.29, 0.717) is 0 Å². The summed E-state index contributed by atoms with van der Waals surface area (Å²) in [4.78, 5) is 9.84. The van der Waals surface area contributed by atoms with Crippen molar-refractivity contribution >= 4 is 27.5 Å². The van der Waals surface area contributed by atoms with Crippen LogP contribution in [0.25, 0.3) is 21.5 Å². The summed E-state index contributed by atoms with van der Waals surface area (Å²) < 4.78 is 4.14. The van der Waals surface area contributed by atoms with E-state index in [1.807, 2.05) is 0 Å². The van der Waals surface area contributed by atoms with Crippen LogP contribution in [0.2, 0.25) is 0 Å². The molecule has 3 aromatic rings. The first-order valence-corrected chi connectivity index (χ1v) is 12.0. The van der Waals surface area contributed by atoms with Gasteiger partial charge in [0.25, 0.3) is 0 Å². The van der Waals surface area contributed by atoms with Crippen LogP contribution in [0.4, 0.5) is 0 Å². The van der Waals surface area contributed by atoms with Gasteiger partial charge in [-0.1, -0.05) is 104 Å². The van der Waals surface area contributed by atoms with Crippen molar-refractivity contribution < 1.29 is 9.53 Å². The minimum absolute atomic E-state index is 0.394. The van der Waals surface area contributed by atoms with E-state index in [2.05, 4.69) is 108 Å². The average molecular weight is 451 g/mol. The third kappa shape index (κ3) is 7.18. The summed E-state index contributed by atoms with van der Waals surface area (Å²) >= 11 is 0. The van der Waals surface area contributed by atoms with Crippen LogP contribution in [0.5, 0.6) is 0 Å². The summed E-state index contributed by atoms with van der Waals surface area (Å²) in [6.07, 6.45) is 25.3. The predicted octanol–water partition coefficient (Wildman–Crippen LogP) is 8.22. The molecule has 0 bridgehead atoms. The van der Waals surface area contributed by atoms with Crippen LogP contribution in [-0.4, -0.2) is 13.1 Å². The average Bonchev–Trinajstić information content (AvgIpc) is 3.68. The van der Waals surface area contributed by atoms with Gasteiger partial charge < -0.3 is 4.74 Å². The maximum Gasteiger partial charge on any atom is 0.329 e. The molecule has 0 fully saturated rings. The number of carbonyl (C=O) groups is 1. The molecule has 3 aromatic carbocycles. The highest BCUT2D eigenvalue weighted by atomic mass is 16.5. The molecule has 0 unspecified atom stereocenters. The van der Waals surface area contributed by atoms with Crippen LogP contribution in [0.1, 0.15) is 36.8 Å². The van der Waals surface area contributed by atoms with E-state index in [-0.39, 0.29) is 0 Å². The zero-order valence-electron chi connectivity index (χ0n) is 20.1. The van der Waals surface area contributed by atoms with Crippen LogP contribution >= 0.6 is 0 Å². The van der Waals surface area contributed by atoms with Gasteiger partial charge in [0.05, 0.1) is 7.11 Å². The van der Waals surface area contributed by atoms with Crippen molar-refractivity contribution in [2.75, 3.05) is 7.11 Å². The van der Waals surface area contributed by atoms with E-state index in [0.717, 1.165) is 18.9 Å². The first-order valence-electron chi connectivity index (χ1n) is 12.0. The summed E-state index contributed by atoms with van der Waals surface area (Å²) in [6, 6.07) is 18.0. The van der Waals surface area contributed by atoms with Crippen molar-refractivity contribution in [3.8, 4) is 0 Å². The van der Waals surface area contributed by atoms with Crippen LogP contribution < -0.4 is 0 Å². The van der Waals surface area contributed by atoms with Gasteiger partial charge in [-0.3, -0.25) is 0 Å². The van der Waals surface area contributed by atoms with Crippen LogP contribution in [0.3, 0.4) is 0 Å². The number of ether oxygens (including phenoxy) is 1. The molecule has 6 rings (SSSR count). The van der Waals surface area contributed by atoms with E-state index in [1.165, 1.54) is 54.3 Å². The number of carbonyl (C=O) groups excluding carboxylic acids is 1. The highest BCUT2D eigenvalue weighted by Gasteiger charge is 2.13. The maximum absolute atomic E-state index is 9.84. The normalized spacial score (nSPS) is 14.3.